The molecule has 0 aromatic heterocycles. The van der Waals surface area contributed by atoms with E-state index in [2.05, 4.69) is 39.4 Å². The molecule has 2 amide bonds. The highest BCUT2D eigenvalue weighted by molar-refractivity contribution is 5.97. The molecule has 3 fully saturated rings. The Morgan fingerprint density at radius 3 is 2.12 bits per heavy atom. The highest BCUT2D eigenvalue weighted by atomic mass is 16.2. The van der Waals surface area contributed by atoms with Crippen LogP contribution in [-0.4, -0.2) is 54.3 Å². The second-order valence-electron chi connectivity index (χ2n) is 10.7. The van der Waals surface area contributed by atoms with Crippen molar-refractivity contribution < 1.29 is 9.59 Å². The summed E-state index contributed by atoms with van der Waals surface area (Å²) in [5.41, 5.74) is 4.18. The van der Waals surface area contributed by atoms with E-state index in [4.69, 9.17) is 0 Å². The molecule has 5 nitrogen and oxygen atoms in total. The Morgan fingerprint density at radius 2 is 1.50 bits per heavy atom. The lowest BCUT2D eigenvalue weighted by atomic mass is 10.0. The SMILES string of the molecule is Cc1cccc(C)c1C(=O)N1CC2CN(C[C@H](NC(=O)C3CCCC3)c3ccccc3)CC2C1. The molecule has 2 unspecified atom stereocenters. The van der Waals surface area contributed by atoms with E-state index in [0.717, 1.165) is 62.3 Å². The molecule has 2 saturated heterocycles. The Kier molecular flexibility index (Phi) is 6.73. The summed E-state index contributed by atoms with van der Waals surface area (Å²) in [6.07, 6.45) is 4.37. The van der Waals surface area contributed by atoms with Gasteiger partial charge < -0.3 is 15.1 Å². The van der Waals surface area contributed by atoms with Crippen LogP contribution in [0.5, 0.6) is 0 Å². The van der Waals surface area contributed by atoms with Crippen molar-refractivity contribution in [1.29, 1.82) is 0 Å². The van der Waals surface area contributed by atoms with E-state index in [-0.39, 0.29) is 23.8 Å². The van der Waals surface area contributed by atoms with Gasteiger partial charge in [-0.3, -0.25) is 9.59 Å². The van der Waals surface area contributed by atoms with Gasteiger partial charge in [-0.25, -0.2) is 0 Å². The van der Waals surface area contributed by atoms with Crippen LogP contribution in [0.3, 0.4) is 0 Å². The van der Waals surface area contributed by atoms with E-state index < -0.39 is 0 Å². The van der Waals surface area contributed by atoms with Crippen molar-refractivity contribution in [3.05, 3.63) is 70.8 Å². The summed E-state index contributed by atoms with van der Waals surface area (Å²) in [7, 11) is 0. The minimum absolute atomic E-state index is 0.0143. The van der Waals surface area contributed by atoms with Gasteiger partial charge in [0.1, 0.15) is 0 Å². The zero-order chi connectivity index (χ0) is 23.7. The molecule has 3 aliphatic rings. The summed E-state index contributed by atoms with van der Waals surface area (Å²) in [5.74, 6) is 1.60. The summed E-state index contributed by atoms with van der Waals surface area (Å²) in [6.45, 7) is 8.54. The minimum atomic E-state index is 0.0143. The van der Waals surface area contributed by atoms with E-state index in [1.165, 1.54) is 18.4 Å². The van der Waals surface area contributed by atoms with Crippen molar-refractivity contribution in [3.63, 3.8) is 0 Å². The first-order valence-electron chi connectivity index (χ1n) is 12.9. The maximum Gasteiger partial charge on any atom is 0.254 e. The van der Waals surface area contributed by atoms with E-state index in [0.29, 0.717) is 11.8 Å². The van der Waals surface area contributed by atoms with Crippen LogP contribution in [0.1, 0.15) is 58.8 Å². The van der Waals surface area contributed by atoms with Crippen LogP contribution in [0.15, 0.2) is 48.5 Å². The van der Waals surface area contributed by atoms with E-state index in [1.807, 2.05) is 38.1 Å². The fourth-order valence-electron chi connectivity index (χ4n) is 6.37. The second-order valence-corrected chi connectivity index (χ2v) is 10.7. The van der Waals surface area contributed by atoms with E-state index in [9.17, 15) is 9.59 Å². The van der Waals surface area contributed by atoms with E-state index >= 15 is 0 Å². The average molecular weight is 460 g/mol. The molecule has 5 heteroatoms. The highest BCUT2D eigenvalue weighted by Crippen LogP contribution is 2.34. The number of fused-ring (bicyclic) bond motifs is 1. The molecule has 1 N–H and O–H groups in total. The Labute approximate surface area is 203 Å². The van der Waals surface area contributed by atoms with Crippen molar-refractivity contribution in [1.82, 2.24) is 15.1 Å². The molecule has 5 rings (SSSR count). The van der Waals surface area contributed by atoms with Gasteiger partial charge >= 0.3 is 0 Å². The number of carbonyl (C=O) groups is 2. The monoisotopic (exact) mass is 459 g/mol. The summed E-state index contributed by atoms with van der Waals surface area (Å²) in [4.78, 5) is 30.8. The molecular weight excluding hydrogens is 422 g/mol. The zero-order valence-electron chi connectivity index (χ0n) is 20.5. The van der Waals surface area contributed by atoms with Crippen molar-refractivity contribution in [3.8, 4) is 0 Å². The quantitative estimate of drug-likeness (QED) is 0.699. The number of nitrogens with one attached hydrogen (secondary N) is 1. The number of amides is 2. The predicted molar refractivity (Wildman–Crippen MR) is 135 cm³/mol. The van der Waals surface area contributed by atoms with Crippen LogP contribution < -0.4 is 5.32 Å². The summed E-state index contributed by atoms with van der Waals surface area (Å²) in [6, 6.07) is 16.5. The van der Waals surface area contributed by atoms with Crippen LogP contribution in [0.2, 0.25) is 0 Å². The molecular formula is C29H37N3O2. The summed E-state index contributed by atoms with van der Waals surface area (Å²) in [5, 5.41) is 3.38. The Bertz CT molecular complexity index is 997. The van der Waals surface area contributed by atoms with Crippen molar-refractivity contribution >= 4 is 11.8 Å². The molecule has 0 spiro atoms. The zero-order valence-corrected chi connectivity index (χ0v) is 20.5. The van der Waals surface area contributed by atoms with Gasteiger partial charge in [0.25, 0.3) is 5.91 Å². The number of aryl methyl sites for hydroxylation is 2. The first-order valence-corrected chi connectivity index (χ1v) is 12.9. The average Bonchev–Trinajstić information content (AvgIpc) is 3.56. The maximum atomic E-state index is 13.3. The standard InChI is InChI=1S/C29H37N3O2/c1-20-9-8-10-21(2)27(20)29(34)32-17-24-15-31(16-25(24)18-32)19-26(22-11-4-3-5-12-22)30-28(33)23-13-6-7-14-23/h3-5,8-12,23-26H,6-7,13-19H2,1-2H3,(H,30,33)/t24?,25?,26-/m0/s1. The largest absolute Gasteiger partial charge is 0.348 e. The lowest BCUT2D eigenvalue weighted by Crippen LogP contribution is -2.40. The number of carbonyl (C=O) groups excluding carboxylic acids is 2. The van der Waals surface area contributed by atoms with Gasteiger partial charge in [-0.05, 0) is 55.2 Å². The second kappa shape index (κ2) is 9.91. The molecule has 34 heavy (non-hydrogen) atoms. The molecule has 3 atom stereocenters. The fraction of sp³-hybridized carbons (Fsp3) is 0.517. The number of hydrogen-bond donors (Lipinski definition) is 1. The third kappa shape index (κ3) is 4.76. The van der Waals surface area contributed by atoms with Gasteiger partial charge in [0.15, 0.2) is 0 Å². The number of benzene rings is 2. The molecule has 1 saturated carbocycles. The van der Waals surface area contributed by atoms with Gasteiger partial charge in [0, 0.05) is 44.2 Å². The normalized spacial score (nSPS) is 23.8. The predicted octanol–water partition coefficient (Wildman–Crippen LogP) is 4.35. The van der Waals surface area contributed by atoms with Gasteiger partial charge in [-0.15, -0.1) is 0 Å². The molecule has 2 aromatic rings. The molecule has 180 valence electrons. The van der Waals surface area contributed by atoms with Crippen molar-refractivity contribution in [2.45, 2.75) is 45.6 Å². The molecule has 0 bridgehead atoms. The number of likely N-dealkylation sites (tertiary alicyclic amines) is 2. The van der Waals surface area contributed by atoms with Gasteiger partial charge in [-0.1, -0.05) is 61.4 Å². The Morgan fingerprint density at radius 1 is 0.882 bits per heavy atom. The maximum absolute atomic E-state index is 13.3. The van der Waals surface area contributed by atoms with Crippen LogP contribution in [0, 0.1) is 31.6 Å². The fourth-order valence-corrected chi connectivity index (χ4v) is 6.37. The smallest absolute Gasteiger partial charge is 0.254 e. The third-order valence-corrected chi connectivity index (χ3v) is 8.23. The third-order valence-electron chi connectivity index (χ3n) is 8.23. The number of nitrogens with zero attached hydrogens (tertiary/aromatic N) is 2. The molecule has 2 aliphatic heterocycles. The Balaban J connectivity index is 1.22. The number of hydrogen-bond acceptors (Lipinski definition) is 3. The van der Waals surface area contributed by atoms with Crippen LogP contribution in [-0.2, 0) is 4.79 Å². The van der Waals surface area contributed by atoms with Crippen LogP contribution in [0.4, 0.5) is 0 Å². The van der Waals surface area contributed by atoms with Gasteiger partial charge in [0.2, 0.25) is 5.91 Å². The lowest BCUT2D eigenvalue weighted by molar-refractivity contribution is -0.125. The highest BCUT2D eigenvalue weighted by Gasteiger charge is 2.42. The first kappa shape index (κ1) is 23.1. The van der Waals surface area contributed by atoms with Crippen molar-refractivity contribution in [2.75, 3.05) is 32.7 Å². The summed E-state index contributed by atoms with van der Waals surface area (Å²) < 4.78 is 0. The van der Waals surface area contributed by atoms with Crippen LogP contribution >= 0.6 is 0 Å². The van der Waals surface area contributed by atoms with Crippen molar-refractivity contribution in [2.24, 2.45) is 17.8 Å². The molecule has 1 aliphatic carbocycles. The topological polar surface area (TPSA) is 52.7 Å². The van der Waals surface area contributed by atoms with E-state index in [1.54, 1.807) is 0 Å². The van der Waals surface area contributed by atoms with Gasteiger partial charge in [-0.2, -0.15) is 0 Å². The summed E-state index contributed by atoms with van der Waals surface area (Å²) >= 11 is 0. The molecule has 2 heterocycles. The Hall–Kier alpha value is -2.66. The molecule has 0 radical (unpaired) electrons. The number of rotatable bonds is 6. The van der Waals surface area contributed by atoms with Crippen LogP contribution in [0.25, 0.3) is 0 Å². The van der Waals surface area contributed by atoms with Gasteiger partial charge in [0.05, 0.1) is 6.04 Å². The first-order chi connectivity index (χ1) is 16.5. The minimum Gasteiger partial charge on any atom is -0.348 e. The molecule has 2 aromatic carbocycles. The lowest BCUT2D eigenvalue weighted by Gasteiger charge is -2.28.